The van der Waals surface area contributed by atoms with Gasteiger partial charge in [0.2, 0.25) is 0 Å². The van der Waals surface area contributed by atoms with E-state index in [2.05, 4.69) is 5.10 Å². The van der Waals surface area contributed by atoms with Crippen LogP contribution in [0.25, 0.3) is 0 Å². The number of hydrogen-bond acceptors (Lipinski definition) is 4. The lowest BCUT2D eigenvalue weighted by Gasteiger charge is -2.14. The smallest absolute Gasteiger partial charge is 0.122 e. The summed E-state index contributed by atoms with van der Waals surface area (Å²) in [6.07, 6.45) is 0.920. The minimum absolute atomic E-state index is 0.648. The van der Waals surface area contributed by atoms with Gasteiger partial charge >= 0.3 is 0 Å². The van der Waals surface area contributed by atoms with Crippen LogP contribution in [0.15, 0.2) is 24.4 Å². The van der Waals surface area contributed by atoms with E-state index in [-0.39, 0.29) is 0 Å². The maximum absolute atomic E-state index is 10.5. The van der Waals surface area contributed by atoms with E-state index in [1.54, 1.807) is 43.3 Å². The Morgan fingerprint density at radius 1 is 1.16 bits per heavy atom. The topological polar surface area (TPSA) is 56.5 Å². The normalized spacial score (nSPS) is 12.3. The van der Waals surface area contributed by atoms with Crippen LogP contribution in [-0.4, -0.2) is 29.1 Å². The Labute approximate surface area is 112 Å². The molecule has 0 radical (unpaired) electrons. The van der Waals surface area contributed by atoms with Gasteiger partial charge < -0.3 is 14.6 Å². The van der Waals surface area contributed by atoms with Crippen molar-refractivity contribution in [2.24, 2.45) is 7.05 Å². The highest BCUT2D eigenvalue weighted by atomic mass is 16.5. The number of aliphatic hydroxyl groups is 1. The van der Waals surface area contributed by atoms with Gasteiger partial charge in [-0.1, -0.05) is 0 Å². The Morgan fingerprint density at radius 2 is 1.74 bits per heavy atom. The van der Waals surface area contributed by atoms with Crippen LogP contribution in [0.1, 0.15) is 22.9 Å². The first kappa shape index (κ1) is 13.4. The first-order valence-electron chi connectivity index (χ1n) is 5.96. The van der Waals surface area contributed by atoms with E-state index in [4.69, 9.17) is 9.47 Å². The molecule has 0 spiro atoms. The molecule has 1 aromatic carbocycles. The fourth-order valence-electron chi connectivity index (χ4n) is 1.95. The SMILES string of the molecule is COc1cc(OC)cc(C(O)c2cnn(C)c2C)c1. The fourth-order valence-corrected chi connectivity index (χ4v) is 1.95. The van der Waals surface area contributed by atoms with Crippen molar-refractivity contribution in [3.63, 3.8) is 0 Å². The maximum Gasteiger partial charge on any atom is 0.122 e. The van der Waals surface area contributed by atoms with Crippen molar-refractivity contribution >= 4 is 0 Å². The molecule has 0 saturated heterocycles. The van der Waals surface area contributed by atoms with Gasteiger partial charge in [-0.25, -0.2) is 0 Å². The molecule has 102 valence electrons. The van der Waals surface area contributed by atoms with Gasteiger partial charge in [-0.2, -0.15) is 5.10 Å². The van der Waals surface area contributed by atoms with E-state index in [9.17, 15) is 5.11 Å². The number of hydrogen-bond donors (Lipinski definition) is 1. The number of benzene rings is 1. The van der Waals surface area contributed by atoms with Gasteiger partial charge in [0.25, 0.3) is 0 Å². The summed E-state index contributed by atoms with van der Waals surface area (Å²) in [5.74, 6) is 1.30. The summed E-state index contributed by atoms with van der Waals surface area (Å²) in [6.45, 7) is 1.92. The maximum atomic E-state index is 10.5. The minimum Gasteiger partial charge on any atom is -0.497 e. The average Bonchev–Trinajstić information content (AvgIpc) is 2.77. The highest BCUT2D eigenvalue weighted by Gasteiger charge is 2.17. The molecule has 1 N–H and O–H groups in total. The predicted octanol–water partition coefficient (Wildman–Crippen LogP) is 1.83. The molecule has 1 unspecified atom stereocenters. The molecule has 5 heteroatoms. The fraction of sp³-hybridized carbons (Fsp3) is 0.357. The third-order valence-electron chi connectivity index (χ3n) is 3.26. The van der Waals surface area contributed by atoms with Crippen molar-refractivity contribution in [2.75, 3.05) is 14.2 Å². The van der Waals surface area contributed by atoms with Crippen molar-refractivity contribution in [1.29, 1.82) is 0 Å². The van der Waals surface area contributed by atoms with E-state index in [0.29, 0.717) is 17.1 Å². The van der Waals surface area contributed by atoms with Gasteiger partial charge in [0.05, 0.1) is 20.4 Å². The molecule has 0 aliphatic rings. The summed E-state index contributed by atoms with van der Waals surface area (Å²) in [7, 11) is 5.01. The van der Waals surface area contributed by atoms with Crippen LogP contribution < -0.4 is 9.47 Å². The van der Waals surface area contributed by atoms with E-state index in [0.717, 1.165) is 11.3 Å². The Kier molecular flexibility index (Phi) is 3.76. The third kappa shape index (κ3) is 2.56. The zero-order valence-corrected chi connectivity index (χ0v) is 11.5. The van der Waals surface area contributed by atoms with Gasteiger partial charge in [0.1, 0.15) is 17.6 Å². The molecule has 0 bridgehead atoms. The van der Waals surface area contributed by atoms with Gasteiger partial charge in [0, 0.05) is 24.4 Å². The van der Waals surface area contributed by atoms with Crippen LogP contribution in [0.4, 0.5) is 0 Å². The summed E-state index contributed by atoms with van der Waals surface area (Å²) in [5.41, 5.74) is 2.42. The second-order valence-corrected chi connectivity index (χ2v) is 4.36. The van der Waals surface area contributed by atoms with Gasteiger partial charge in [-0.3, -0.25) is 4.68 Å². The zero-order valence-electron chi connectivity index (χ0n) is 11.5. The number of aliphatic hydroxyl groups excluding tert-OH is 1. The Balaban J connectivity index is 2.43. The van der Waals surface area contributed by atoms with E-state index in [1.165, 1.54) is 0 Å². The Bertz CT molecular complexity index is 556. The molecular formula is C14H18N2O3. The lowest BCUT2D eigenvalue weighted by atomic mass is 10.0. The first-order chi connectivity index (χ1) is 9.06. The Hall–Kier alpha value is -2.01. The van der Waals surface area contributed by atoms with Gasteiger partial charge in [-0.05, 0) is 24.6 Å². The van der Waals surface area contributed by atoms with Gasteiger partial charge in [0.15, 0.2) is 0 Å². The largest absolute Gasteiger partial charge is 0.497 e. The quantitative estimate of drug-likeness (QED) is 0.913. The van der Waals surface area contributed by atoms with Crippen molar-refractivity contribution in [1.82, 2.24) is 9.78 Å². The number of methoxy groups -OCH3 is 2. The van der Waals surface area contributed by atoms with Crippen LogP contribution in [-0.2, 0) is 7.05 Å². The van der Waals surface area contributed by atoms with Crippen molar-refractivity contribution in [3.05, 3.63) is 41.2 Å². The van der Waals surface area contributed by atoms with Crippen molar-refractivity contribution < 1.29 is 14.6 Å². The predicted molar refractivity (Wildman–Crippen MR) is 71.6 cm³/mol. The molecule has 5 nitrogen and oxygen atoms in total. The Morgan fingerprint density at radius 3 is 2.16 bits per heavy atom. The van der Waals surface area contributed by atoms with E-state index >= 15 is 0 Å². The average molecular weight is 262 g/mol. The molecule has 1 heterocycles. The van der Waals surface area contributed by atoms with Crippen LogP contribution in [0.5, 0.6) is 11.5 Å². The highest BCUT2D eigenvalue weighted by Crippen LogP contribution is 2.30. The number of aryl methyl sites for hydroxylation is 1. The first-order valence-corrected chi connectivity index (χ1v) is 5.96. The molecule has 0 saturated carbocycles. The molecule has 0 fully saturated rings. The molecular weight excluding hydrogens is 244 g/mol. The molecule has 1 aromatic heterocycles. The van der Waals surface area contributed by atoms with E-state index < -0.39 is 6.10 Å². The molecule has 2 rings (SSSR count). The summed E-state index contributed by atoms with van der Waals surface area (Å²) in [5, 5.41) is 14.6. The summed E-state index contributed by atoms with van der Waals surface area (Å²) in [6, 6.07) is 5.35. The standard InChI is InChI=1S/C14H18N2O3/c1-9-13(8-15-16(9)2)14(17)10-5-11(18-3)7-12(6-10)19-4/h5-8,14,17H,1-4H3. The number of nitrogens with zero attached hydrogens (tertiary/aromatic N) is 2. The molecule has 0 aliphatic heterocycles. The van der Waals surface area contributed by atoms with Crippen molar-refractivity contribution in [3.8, 4) is 11.5 Å². The van der Waals surface area contributed by atoms with Crippen LogP contribution >= 0.6 is 0 Å². The van der Waals surface area contributed by atoms with Crippen LogP contribution in [0, 0.1) is 6.92 Å². The zero-order chi connectivity index (χ0) is 14.0. The number of aromatic nitrogens is 2. The summed E-state index contributed by atoms with van der Waals surface area (Å²) >= 11 is 0. The molecule has 2 aromatic rings. The minimum atomic E-state index is -0.752. The lowest BCUT2D eigenvalue weighted by molar-refractivity contribution is 0.218. The van der Waals surface area contributed by atoms with Crippen molar-refractivity contribution in [2.45, 2.75) is 13.0 Å². The van der Waals surface area contributed by atoms with E-state index in [1.807, 2.05) is 14.0 Å². The third-order valence-corrected chi connectivity index (χ3v) is 3.26. The van der Waals surface area contributed by atoms with Gasteiger partial charge in [-0.15, -0.1) is 0 Å². The van der Waals surface area contributed by atoms with Crippen LogP contribution in [0.2, 0.25) is 0 Å². The monoisotopic (exact) mass is 262 g/mol. The second-order valence-electron chi connectivity index (χ2n) is 4.36. The highest BCUT2D eigenvalue weighted by molar-refractivity contribution is 5.42. The summed E-state index contributed by atoms with van der Waals surface area (Å²) in [4.78, 5) is 0. The number of rotatable bonds is 4. The molecule has 1 atom stereocenters. The molecule has 19 heavy (non-hydrogen) atoms. The second kappa shape index (κ2) is 5.32. The summed E-state index contributed by atoms with van der Waals surface area (Å²) < 4.78 is 12.1. The molecule has 0 aliphatic carbocycles. The van der Waals surface area contributed by atoms with Crippen LogP contribution in [0.3, 0.4) is 0 Å². The molecule has 0 amide bonds. The lowest BCUT2D eigenvalue weighted by Crippen LogP contribution is -2.03. The number of ether oxygens (including phenoxy) is 2.